The summed E-state index contributed by atoms with van der Waals surface area (Å²) in [7, 11) is 0. The van der Waals surface area contributed by atoms with Gasteiger partial charge in [-0.3, -0.25) is 0 Å². The summed E-state index contributed by atoms with van der Waals surface area (Å²) in [5.74, 6) is 0.975. The third-order valence-corrected chi connectivity index (χ3v) is 3.93. The first-order valence-corrected chi connectivity index (χ1v) is 8.37. The summed E-state index contributed by atoms with van der Waals surface area (Å²) in [6.45, 7) is 7.31. The van der Waals surface area contributed by atoms with E-state index in [2.05, 4.69) is 50.4 Å². The molecule has 2 heteroatoms. The quantitative estimate of drug-likeness (QED) is 0.711. The minimum Gasteiger partial charge on any atom is -0.491 e. The molecule has 0 aromatic heterocycles. The highest BCUT2D eigenvalue weighted by Gasteiger charge is 2.15. The summed E-state index contributed by atoms with van der Waals surface area (Å²) in [5, 5.41) is 3.63. The van der Waals surface area contributed by atoms with E-state index in [0.29, 0.717) is 6.04 Å². The topological polar surface area (TPSA) is 21.3 Å². The van der Waals surface area contributed by atoms with Crippen molar-refractivity contribution in [3.63, 3.8) is 0 Å². The van der Waals surface area contributed by atoms with Crippen molar-refractivity contribution in [1.29, 1.82) is 0 Å². The Labute approximate surface area is 129 Å². The molecular weight excluding hydrogens is 258 g/mol. The van der Waals surface area contributed by atoms with Gasteiger partial charge in [-0.15, -0.1) is 0 Å². The van der Waals surface area contributed by atoms with Gasteiger partial charge in [0.2, 0.25) is 0 Å². The molecule has 0 saturated carbocycles. The van der Waals surface area contributed by atoms with Crippen LogP contribution in [0, 0.1) is 0 Å². The van der Waals surface area contributed by atoms with Gasteiger partial charge in [0, 0.05) is 6.04 Å². The highest BCUT2D eigenvalue weighted by Crippen LogP contribution is 2.29. The lowest BCUT2D eigenvalue weighted by Crippen LogP contribution is -2.22. The predicted molar refractivity (Wildman–Crippen MR) is 89.8 cm³/mol. The first-order valence-electron chi connectivity index (χ1n) is 8.37. The van der Waals surface area contributed by atoms with Crippen LogP contribution in [0.2, 0.25) is 0 Å². The van der Waals surface area contributed by atoms with Gasteiger partial charge in [-0.25, -0.2) is 0 Å². The number of nitrogens with one attached hydrogen (secondary N) is 1. The van der Waals surface area contributed by atoms with Gasteiger partial charge in [-0.1, -0.05) is 30.7 Å². The molecule has 1 aromatic carbocycles. The Morgan fingerprint density at radius 2 is 2.10 bits per heavy atom. The molecule has 1 aromatic rings. The van der Waals surface area contributed by atoms with Gasteiger partial charge in [0.1, 0.15) is 5.75 Å². The molecule has 21 heavy (non-hydrogen) atoms. The van der Waals surface area contributed by atoms with E-state index in [1.54, 1.807) is 5.57 Å². The van der Waals surface area contributed by atoms with Crippen molar-refractivity contribution in [3.05, 3.63) is 41.5 Å². The predicted octanol–water partition coefficient (Wildman–Crippen LogP) is 5.01. The Morgan fingerprint density at radius 1 is 1.24 bits per heavy atom. The molecule has 0 fully saturated rings. The number of benzene rings is 1. The van der Waals surface area contributed by atoms with Crippen LogP contribution in [0.5, 0.6) is 5.75 Å². The Kier molecular flexibility index (Phi) is 6.31. The Bertz CT molecular complexity index is 464. The summed E-state index contributed by atoms with van der Waals surface area (Å²) in [4.78, 5) is 0. The van der Waals surface area contributed by atoms with Gasteiger partial charge in [0.25, 0.3) is 0 Å². The lowest BCUT2D eigenvalue weighted by Gasteiger charge is -2.23. The van der Waals surface area contributed by atoms with E-state index in [0.717, 1.165) is 18.7 Å². The largest absolute Gasteiger partial charge is 0.491 e. The van der Waals surface area contributed by atoms with Crippen molar-refractivity contribution in [1.82, 2.24) is 5.32 Å². The zero-order chi connectivity index (χ0) is 15.1. The molecule has 0 bridgehead atoms. The van der Waals surface area contributed by atoms with Crippen LogP contribution in [-0.2, 0) is 0 Å². The molecule has 2 rings (SSSR count). The van der Waals surface area contributed by atoms with E-state index in [1.807, 2.05) is 6.07 Å². The molecule has 0 radical (unpaired) electrons. The number of hydrogen-bond acceptors (Lipinski definition) is 2. The molecule has 1 N–H and O–H groups in total. The number of ether oxygens (including phenoxy) is 1. The van der Waals surface area contributed by atoms with Crippen molar-refractivity contribution in [2.24, 2.45) is 0 Å². The molecule has 1 aliphatic carbocycles. The summed E-state index contributed by atoms with van der Waals surface area (Å²) in [5.41, 5.74) is 2.95. The molecule has 0 heterocycles. The Hall–Kier alpha value is -1.28. The van der Waals surface area contributed by atoms with E-state index < -0.39 is 0 Å². The van der Waals surface area contributed by atoms with E-state index in [4.69, 9.17) is 4.74 Å². The molecule has 2 nitrogen and oxygen atoms in total. The monoisotopic (exact) mass is 287 g/mol. The van der Waals surface area contributed by atoms with Crippen LogP contribution in [0.4, 0.5) is 0 Å². The standard InChI is InChI=1S/C19H29NO/c1-4-20-19(13-16-9-6-5-7-10-16)17-11-8-12-18(14-17)21-15(2)3/h8-9,11-12,14-15,19-20H,4-7,10,13H2,1-3H3. The van der Waals surface area contributed by atoms with Crippen molar-refractivity contribution >= 4 is 0 Å². The maximum atomic E-state index is 5.83. The van der Waals surface area contributed by atoms with Crippen LogP contribution in [-0.4, -0.2) is 12.6 Å². The summed E-state index contributed by atoms with van der Waals surface area (Å²) in [6.07, 6.45) is 9.02. The van der Waals surface area contributed by atoms with E-state index >= 15 is 0 Å². The third-order valence-electron chi connectivity index (χ3n) is 3.93. The highest BCUT2D eigenvalue weighted by atomic mass is 16.5. The zero-order valence-corrected chi connectivity index (χ0v) is 13.7. The first-order chi connectivity index (χ1) is 10.2. The number of hydrogen-bond donors (Lipinski definition) is 1. The van der Waals surface area contributed by atoms with Crippen LogP contribution in [0.3, 0.4) is 0 Å². The molecule has 0 aliphatic heterocycles. The zero-order valence-electron chi connectivity index (χ0n) is 13.7. The summed E-state index contributed by atoms with van der Waals surface area (Å²) >= 11 is 0. The van der Waals surface area contributed by atoms with E-state index in [-0.39, 0.29) is 6.10 Å². The molecule has 1 unspecified atom stereocenters. The molecule has 0 spiro atoms. The fourth-order valence-electron chi connectivity index (χ4n) is 2.98. The lowest BCUT2D eigenvalue weighted by atomic mass is 9.91. The minimum absolute atomic E-state index is 0.221. The smallest absolute Gasteiger partial charge is 0.120 e. The molecule has 1 atom stereocenters. The van der Waals surface area contributed by atoms with E-state index in [1.165, 1.54) is 31.2 Å². The molecular formula is C19H29NO. The minimum atomic E-state index is 0.221. The maximum Gasteiger partial charge on any atom is 0.120 e. The second-order valence-corrected chi connectivity index (χ2v) is 6.16. The highest BCUT2D eigenvalue weighted by molar-refractivity contribution is 5.31. The van der Waals surface area contributed by atoms with Gasteiger partial charge in [0.15, 0.2) is 0 Å². The SMILES string of the molecule is CCNC(CC1=CCCCC1)c1cccc(OC(C)C)c1. The van der Waals surface area contributed by atoms with Gasteiger partial charge in [-0.2, -0.15) is 0 Å². The van der Waals surface area contributed by atoms with Crippen LogP contribution < -0.4 is 10.1 Å². The van der Waals surface area contributed by atoms with Gasteiger partial charge in [0.05, 0.1) is 6.10 Å². The van der Waals surface area contributed by atoms with Crippen LogP contribution >= 0.6 is 0 Å². The van der Waals surface area contributed by atoms with Crippen LogP contribution in [0.1, 0.15) is 64.5 Å². The van der Waals surface area contributed by atoms with Crippen molar-refractivity contribution in [3.8, 4) is 5.75 Å². The average Bonchev–Trinajstić information content (AvgIpc) is 2.47. The number of rotatable bonds is 7. The Balaban J connectivity index is 2.11. The fraction of sp³-hybridized carbons (Fsp3) is 0.579. The second-order valence-electron chi connectivity index (χ2n) is 6.16. The van der Waals surface area contributed by atoms with Crippen molar-refractivity contribution < 1.29 is 4.74 Å². The van der Waals surface area contributed by atoms with E-state index in [9.17, 15) is 0 Å². The normalized spacial score (nSPS) is 16.7. The van der Waals surface area contributed by atoms with Gasteiger partial charge in [-0.05, 0) is 70.2 Å². The summed E-state index contributed by atoms with van der Waals surface area (Å²) < 4.78 is 5.83. The molecule has 0 saturated heterocycles. The molecule has 0 amide bonds. The van der Waals surface area contributed by atoms with Gasteiger partial charge < -0.3 is 10.1 Å². The van der Waals surface area contributed by atoms with Crippen LogP contribution in [0.25, 0.3) is 0 Å². The summed E-state index contributed by atoms with van der Waals surface area (Å²) in [6, 6.07) is 8.95. The number of allylic oxidation sites excluding steroid dienone is 1. The fourth-order valence-corrected chi connectivity index (χ4v) is 2.98. The lowest BCUT2D eigenvalue weighted by molar-refractivity contribution is 0.242. The molecule has 1 aliphatic rings. The Morgan fingerprint density at radius 3 is 2.76 bits per heavy atom. The van der Waals surface area contributed by atoms with Crippen molar-refractivity contribution in [2.45, 2.75) is 65.0 Å². The first kappa shape index (κ1) is 16.1. The van der Waals surface area contributed by atoms with Crippen LogP contribution in [0.15, 0.2) is 35.9 Å². The molecule has 116 valence electrons. The second kappa shape index (κ2) is 8.23. The van der Waals surface area contributed by atoms with Crippen molar-refractivity contribution in [2.75, 3.05) is 6.54 Å². The van der Waals surface area contributed by atoms with Gasteiger partial charge >= 0.3 is 0 Å². The average molecular weight is 287 g/mol. The maximum absolute atomic E-state index is 5.83. The third kappa shape index (κ3) is 5.20.